The first-order valence-corrected chi connectivity index (χ1v) is 7.13. The van der Waals surface area contributed by atoms with Crippen LogP contribution in [0.1, 0.15) is 44.1 Å². The van der Waals surface area contributed by atoms with Gasteiger partial charge in [0, 0.05) is 25.6 Å². The lowest BCUT2D eigenvalue weighted by atomic mass is 9.99. The van der Waals surface area contributed by atoms with Gasteiger partial charge in [0.05, 0.1) is 25.4 Å². The van der Waals surface area contributed by atoms with E-state index in [9.17, 15) is 4.79 Å². The molecule has 0 atom stereocenters. The Morgan fingerprint density at radius 1 is 1.43 bits per heavy atom. The first-order valence-electron chi connectivity index (χ1n) is 7.13. The number of carbonyl (C=O) groups is 1. The highest BCUT2D eigenvalue weighted by atomic mass is 35.5. The average Bonchev–Trinajstić information content (AvgIpc) is 2.92. The molecule has 0 bridgehead atoms. The van der Waals surface area contributed by atoms with Crippen molar-refractivity contribution in [1.29, 1.82) is 0 Å². The van der Waals surface area contributed by atoms with Gasteiger partial charge in [-0.1, -0.05) is 19.0 Å². The quantitative estimate of drug-likeness (QED) is 0.644. The number of hydrogen-bond acceptors (Lipinski definition) is 5. The van der Waals surface area contributed by atoms with Gasteiger partial charge in [0.15, 0.2) is 5.76 Å². The topological polar surface area (TPSA) is 76.4 Å². The molecule has 0 aliphatic heterocycles. The molecule has 2 N–H and O–H groups in total. The molecule has 122 valence electrons. The molecule has 1 aromatic heterocycles. The molecule has 0 saturated heterocycles. The minimum Gasteiger partial charge on any atom is -0.383 e. The first kappa shape index (κ1) is 19.9. The second-order valence-electron chi connectivity index (χ2n) is 4.68. The summed E-state index contributed by atoms with van der Waals surface area (Å²) in [5, 5.41) is 9.83. The third-order valence-electron chi connectivity index (χ3n) is 3.21. The molecule has 0 spiro atoms. The smallest absolute Gasteiger partial charge is 0.234 e. The number of rotatable bonds is 10. The number of amides is 1. The Balaban J connectivity index is 0.00000400. The van der Waals surface area contributed by atoms with E-state index < -0.39 is 0 Å². The average molecular weight is 320 g/mol. The lowest BCUT2D eigenvalue weighted by molar-refractivity contribution is -0.120. The standard InChI is InChI=1S/C14H25N3O3.ClH/c1-4-11(5-2)13-8-12(20-17-13)9-16-14(18)10-15-6-7-19-3;/h8,11,15H,4-7,9-10H2,1-3H3,(H,16,18);1H. The Labute approximate surface area is 132 Å². The van der Waals surface area contributed by atoms with E-state index in [2.05, 4.69) is 29.6 Å². The van der Waals surface area contributed by atoms with Gasteiger partial charge in [0.25, 0.3) is 0 Å². The van der Waals surface area contributed by atoms with Gasteiger partial charge in [0.1, 0.15) is 0 Å². The predicted octanol–water partition coefficient (Wildman–Crippen LogP) is 1.85. The van der Waals surface area contributed by atoms with E-state index in [4.69, 9.17) is 9.26 Å². The lowest BCUT2D eigenvalue weighted by Gasteiger charge is -2.06. The van der Waals surface area contributed by atoms with Gasteiger partial charge in [-0.3, -0.25) is 4.79 Å². The third-order valence-corrected chi connectivity index (χ3v) is 3.21. The highest BCUT2D eigenvalue weighted by Gasteiger charge is 2.13. The molecule has 0 saturated carbocycles. The van der Waals surface area contributed by atoms with Crippen LogP contribution < -0.4 is 10.6 Å². The zero-order valence-electron chi connectivity index (χ0n) is 13.0. The van der Waals surface area contributed by atoms with E-state index in [1.807, 2.05) is 6.07 Å². The minimum absolute atomic E-state index is 0. The number of halogens is 1. The van der Waals surface area contributed by atoms with Crippen LogP contribution in [0.25, 0.3) is 0 Å². The molecule has 1 aromatic rings. The summed E-state index contributed by atoms with van der Waals surface area (Å²) in [6, 6.07) is 1.93. The number of aromatic nitrogens is 1. The molecular formula is C14H26ClN3O3. The Hall–Kier alpha value is -1.11. The summed E-state index contributed by atoms with van der Waals surface area (Å²) in [5.41, 5.74) is 0.970. The summed E-state index contributed by atoms with van der Waals surface area (Å²) in [7, 11) is 1.63. The van der Waals surface area contributed by atoms with Crippen molar-refractivity contribution in [2.75, 3.05) is 26.8 Å². The van der Waals surface area contributed by atoms with Gasteiger partial charge in [-0.05, 0) is 12.8 Å². The van der Waals surface area contributed by atoms with E-state index in [-0.39, 0.29) is 24.9 Å². The second kappa shape index (κ2) is 11.5. The Bertz CT molecular complexity index is 395. The third kappa shape index (κ3) is 7.45. The maximum atomic E-state index is 11.6. The first-order chi connectivity index (χ1) is 9.71. The fraction of sp³-hybridized carbons (Fsp3) is 0.714. The molecule has 1 heterocycles. The maximum absolute atomic E-state index is 11.6. The van der Waals surface area contributed by atoms with E-state index in [1.54, 1.807) is 7.11 Å². The highest BCUT2D eigenvalue weighted by molar-refractivity contribution is 5.85. The van der Waals surface area contributed by atoms with Gasteiger partial charge in [-0.15, -0.1) is 12.4 Å². The van der Waals surface area contributed by atoms with Crippen molar-refractivity contribution in [3.8, 4) is 0 Å². The molecule has 6 nitrogen and oxygen atoms in total. The van der Waals surface area contributed by atoms with E-state index in [1.165, 1.54) is 0 Å². The monoisotopic (exact) mass is 319 g/mol. The van der Waals surface area contributed by atoms with Crippen LogP contribution in [0.3, 0.4) is 0 Å². The van der Waals surface area contributed by atoms with Crippen molar-refractivity contribution in [1.82, 2.24) is 15.8 Å². The van der Waals surface area contributed by atoms with Gasteiger partial charge in [0.2, 0.25) is 5.91 Å². The summed E-state index contributed by atoms with van der Waals surface area (Å²) in [6.07, 6.45) is 2.08. The molecule has 7 heteroatoms. The summed E-state index contributed by atoms with van der Waals surface area (Å²) < 4.78 is 10.1. The molecule has 1 rings (SSSR count). The number of carbonyl (C=O) groups excluding carboxylic acids is 1. The molecule has 0 aliphatic carbocycles. The van der Waals surface area contributed by atoms with E-state index in [0.29, 0.717) is 31.4 Å². The van der Waals surface area contributed by atoms with Gasteiger partial charge in [-0.2, -0.15) is 0 Å². The fourth-order valence-corrected chi connectivity index (χ4v) is 1.94. The SMILES string of the molecule is CCC(CC)c1cc(CNC(=O)CNCCOC)on1.Cl. The molecule has 1 amide bonds. The molecule has 0 unspecified atom stereocenters. The zero-order valence-corrected chi connectivity index (χ0v) is 13.8. The van der Waals surface area contributed by atoms with Crippen molar-refractivity contribution in [2.24, 2.45) is 0 Å². The summed E-state index contributed by atoms with van der Waals surface area (Å²) >= 11 is 0. The lowest BCUT2D eigenvalue weighted by Crippen LogP contribution is -2.34. The van der Waals surface area contributed by atoms with Crippen LogP contribution in [0.15, 0.2) is 10.6 Å². The van der Waals surface area contributed by atoms with Crippen LogP contribution in [-0.2, 0) is 16.1 Å². The number of methoxy groups -OCH3 is 1. The zero-order chi connectivity index (χ0) is 14.8. The molecular weight excluding hydrogens is 294 g/mol. The van der Waals surface area contributed by atoms with E-state index >= 15 is 0 Å². The van der Waals surface area contributed by atoms with Crippen LogP contribution in [0.2, 0.25) is 0 Å². The summed E-state index contributed by atoms with van der Waals surface area (Å²) in [6.45, 7) is 6.17. The van der Waals surface area contributed by atoms with Crippen LogP contribution in [0, 0.1) is 0 Å². The minimum atomic E-state index is -0.0680. The van der Waals surface area contributed by atoms with Crippen molar-refractivity contribution in [3.05, 3.63) is 17.5 Å². The Morgan fingerprint density at radius 2 is 2.14 bits per heavy atom. The Morgan fingerprint density at radius 3 is 2.76 bits per heavy atom. The number of nitrogens with zero attached hydrogens (tertiary/aromatic N) is 1. The van der Waals surface area contributed by atoms with E-state index in [0.717, 1.165) is 18.5 Å². The van der Waals surface area contributed by atoms with Crippen LogP contribution in [0.4, 0.5) is 0 Å². The number of ether oxygens (including phenoxy) is 1. The van der Waals surface area contributed by atoms with Crippen molar-refractivity contribution in [3.63, 3.8) is 0 Å². The van der Waals surface area contributed by atoms with Gasteiger partial charge < -0.3 is 19.9 Å². The molecule has 0 fully saturated rings. The van der Waals surface area contributed by atoms with Crippen LogP contribution in [-0.4, -0.2) is 37.9 Å². The molecule has 0 aromatic carbocycles. The maximum Gasteiger partial charge on any atom is 0.234 e. The molecule has 0 aliphatic rings. The van der Waals surface area contributed by atoms with Crippen molar-refractivity contribution in [2.45, 2.75) is 39.2 Å². The summed E-state index contributed by atoms with van der Waals surface area (Å²) in [4.78, 5) is 11.6. The van der Waals surface area contributed by atoms with Gasteiger partial charge in [-0.25, -0.2) is 0 Å². The van der Waals surface area contributed by atoms with Crippen molar-refractivity contribution < 1.29 is 14.1 Å². The fourth-order valence-electron chi connectivity index (χ4n) is 1.94. The number of hydrogen-bond donors (Lipinski definition) is 2. The van der Waals surface area contributed by atoms with Gasteiger partial charge >= 0.3 is 0 Å². The molecule has 21 heavy (non-hydrogen) atoms. The van der Waals surface area contributed by atoms with Crippen molar-refractivity contribution >= 4 is 18.3 Å². The molecule has 0 radical (unpaired) electrons. The largest absolute Gasteiger partial charge is 0.383 e. The van der Waals surface area contributed by atoms with Crippen LogP contribution in [0.5, 0.6) is 0 Å². The summed E-state index contributed by atoms with van der Waals surface area (Å²) in [5.74, 6) is 1.05. The van der Waals surface area contributed by atoms with Crippen LogP contribution >= 0.6 is 12.4 Å². The normalized spacial score (nSPS) is 10.5. The second-order valence-corrected chi connectivity index (χ2v) is 4.68. The Kier molecular flexibility index (Phi) is 10.9. The highest BCUT2D eigenvalue weighted by Crippen LogP contribution is 2.22. The number of nitrogens with one attached hydrogen (secondary N) is 2. The predicted molar refractivity (Wildman–Crippen MR) is 83.7 cm³/mol.